The van der Waals surface area contributed by atoms with Gasteiger partial charge in [-0.1, -0.05) is 12.1 Å². The topological polar surface area (TPSA) is 108 Å². The predicted molar refractivity (Wildman–Crippen MR) is 138 cm³/mol. The highest BCUT2D eigenvalue weighted by Crippen LogP contribution is 2.44. The molecule has 2 rings (SSSR count). The first kappa shape index (κ1) is 28.4. The molecule has 190 valence electrons. The lowest BCUT2D eigenvalue weighted by Gasteiger charge is -2.29. The van der Waals surface area contributed by atoms with Crippen LogP contribution in [-0.2, 0) is 15.2 Å². The fraction of sp³-hybridized carbons (Fsp3) is 0.417. The Bertz CT molecular complexity index is 1060. The molecule has 0 aliphatic heterocycles. The van der Waals surface area contributed by atoms with Crippen LogP contribution in [0.15, 0.2) is 45.8 Å². The number of hydrogen-bond donors (Lipinski definition) is 0. The maximum atomic E-state index is 13.1. The number of anilines is 1. The highest BCUT2D eigenvalue weighted by Gasteiger charge is 2.38. The number of rotatable bonds is 6. The van der Waals surface area contributed by atoms with Crippen LogP contribution in [0.25, 0.3) is 0 Å². The van der Waals surface area contributed by atoms with Crippen LogP contribution in [0, 0.1) is 10.1 Å². The van der Waals surface area contributed by atoms with Crippen LogP contribution in [0.4, 0.5) is 21.0 Å². The number of nitro benzene ring substituents is 1. The third kappa shape index (κ3) is 8.14. The van der Waals surface area contributed by atoms with Crippen LogP contribution in [0.1, 0.15) is 47.1 Å². The lowest BCUT2D eigenvalue weighted by atomic mass is 10.2. The molecule has 2 aromatic rings. The van der Waals surface area contributed by atoms with Gasteiger partial charge in [-0.2, -0.15) is 4.90 Å². The number of carbonyl (C=O) groups excluding carboxylic acids is 2. The van der Waals surface area contributed by atoms with E-state index in [-0.39, 0.29) is 10.2 Å². The highest BCUT2D eigenvalue weighted by atomic mass is 79.9. The minimum Gasteiger partial charge on any atom is -0.497 e. The van der Waals surface area contributed by atoms with E-state index in [0.29, 0.717) is 15.5 Å². The van der Waals surface area contributed by atoms with E-state index in [2.05, 4.69) is 15.9 Å². The maximum Gasteiger partial charge on any atom is 0.424 e. The van der Waals surface area contributed by atoms with Gasteiger partial charge < -0.3 is 14.2 Å². The Labute approximate surface area is 217 Å². The summed E-state index contributed by atoms with van der Waals surface area (Å²) in [4.78, 5) is 38.6. The fourth-order valence-corrected chi connectivity index (χ4v) is 4.52. The van der Waals surface area contributed by atoms with Crippen molar-refractivity contribution < 1.29 is 28.7 Å². The Morgan fingerprint density at radius 2 is 1.49 bits per heavy atom. The average Bonchev–Trinajstić information content (AvgIpc) is 2.71. The van der Waals surface area contributed by atoms with Crippen LogP contribution in [-0.4, -0.2) is 35.4 Å². The summed E-state index contributed by atoms with van der Waals surface area (Å²) < 4.78 is 16.2. The van der Waals surface area contributed by atoms with Crippen LogP contribution in [0.2, 0.25) is 0 Å². The molecule has 0 radical (unpaired) electrons. The largest absolute Gasteiger partial charge is 0.497 e. The van der Waals surface area contributed by atoms with Gasteiger partial charge in [0.15, 0.2) is 5.69 Å². The molecule has 0 aromatic heterocycles. The van der Waals surface area contributed by atoms with E-state index >= 15 is 0 Å². The quantitative estimate of drug-likeness (QED) is 0.202. The number of nitrogens with zero attached hydrogens (tertiary/aromatic N) is 2. The zero-order valence-corrected chi connectivity index (χ0v) is 23.1. The third-order valence-corrected chi connectivity index (χ3v) is 6.38. The molecule has 0 unspecified atom stereocenters. The number of ether oxygens (including phenoxy) is 3. The second-order valence-electron chi connectivity index (χ2n) is 9.44. The summed E-state index contributed by atoms with van der Waals surface area (Å²) in [5.74, 6) is 1.25. The van der Waals surface area contributed by atoms with Gasteiger partial charge in [0.1, 0.15) is 17.0 Å². The van der Waals surface area contributed by atoms with Crippen molar-refractivity contribution in [3.63, 3.8) is 0 Å². The van der Waals surface area contributed by atoms with Crippen LogP contribution >= 0.6 is 27.7 Å². The second-order valence-corrected chi connectivity index (χ2v) is 11.2. The van der Waals surface area contributed by atoms with E-state index < -0.39 is 34.0 Å². The Morgan fingerprint density at radius 3 is 1.91 bits per heavy atom. The van der Waals surface area contributed by atoms with Gasteiger partial charge in [0.05, 0.1) is 16.5 Å². The van der Waals surface area contributed by atoms with Crippen LogP contribution < -0.4 is 9.64 Å². The molecular weight excluding hydrogens is 540 g/mol. The van der Waals surface area contributed by atoms with Gasteiger partial charge in [0.25, 0.3) is 5.69 Å². The Hall–Kier alpha value is -2.79. The van der Waals surface area contributed by atoms with Gasteiger partial charge in [-0.05, 0) is 81.2 Å². The summed E-state index contributed by atoms with van der Waals surface area (Å²) >= 11 is 4.76. The molecular formula is C24H29BrN2O7S. The molecule has 0 aliphatic rings. The summed E-state index contributed by atoms with van der Waals surface area (Å²) in [5, 5.41) is 11.9. The monoisotopic (exact) mass is 568 g/mol. The van der Waals surface area contributed by atoms with Crippen molar-refractivity contribution in [2.24, 2.45) is 0 Å². The van der Waals surface area contributed by atoms with Crippen molar-refractivity contribution >= 4 is 51.3 Å². The van der Waals surface area contributed by atoms with E-state index in [1.807, 2.05) is 24.3 Å². The number of thioether (sulfide) groups is 1. The number of carbonyl (C=O) groups is 2. The molecule has 9 nitrogen and oxygen atoms in total. The number of benzene rings is 2. The van der Waals surface area contributed by atoms with E-state index in [1.165, 1.54) is 17.8 Å². The lowest BCUT2D eigenvalue weighted by molar-refractivity contribution is -0.384. The molecule has 0 saturated heterocycles. The Balaban J connectivity index is 2.55. The zero-order valence-electron chi connectivity index (χ0n) is 20.7. The normalized spacial score (nSPS) is 11.5. The summed E-state index contributed by atoms with van der Waals surface area (Å²) in [6.07, 6.45) is -2.18. The van der Waals surface area contributed by atoms with Crippen molar-refractivity contribution in [1.29, 1.82) is 0 Å². The van der Waals surface area contributed by atoms with E-state index in [0.717, 1.165) is 11.3 Å². The first-order chi connectivity index (χ1) is 16.1. The summed E-state index contributed by atoms with van der Waals surface area (Å²) in [7, 11) is 1.58. The number of imide groups is 1. The standard InChI is InChI=1S/C24H29BrN2O7S/c1-23(2,3)33-21(28)26(22(29)34-24(4,5)6)20-17(27(30)31)12-13-18(19(20)25)35-14-15-8-10-16(32-7)11-9-15/h8-13H,14H2,1-7H3. The van der Waals surface area contributed by atoms with Gasteiger partial charge >= 0.3 is 12.2 Å². The van der Waals surface area contributed by atoms with Crippen molar-refractivity contribution in [3.05, 3.63) is 56.5 Å². The van der Waals surface area contributed by atoms with E-state index in [9.17, 15) is 19.7 Å². The van der Waals surface area contributed by atoms with Gasteiger partial charge in [0.2, 0.25) is 0 Å². The number of halogens is 1. The fourth-order valence-electron chi connectivity index (χ4n) is 2.76. The van der Waals surface area contributed by atoms with Gasteiger partial charge in [0, 0.05) is 16.7 Å². The summed E-state index contributed by atoms with van der Waals surface area (Å²) in [6, 6.07) is 10.3. The molecule has 0 spiro atoms. The predicted octanol–water partition coefficient (Wildman–Crippen LogP) is 7.33. The molecule has 2 amide bonds. The summed E-state index contributed by atoms with van der Waals surface area (Å²) in [5.41, 5.74) is -1.65. The van der Waals surface area contributed by atoms with Crippen molar-refractivity contribution in [2.45, 2.75) is 63.4 Å². The Morgan fingerprint density at radius 1 is 0.971 bits per heavy atom. The molecule has 0 atom stereocenters. The van der Waals surface area contributed by atoms with Gasteiger partial charge in [-0.15, -0.1) is 11.8 Å². The summed E-state index contributed by atoms with van der Waals surface area (Å²) in [6.45, 7) is 9.77. The first-order valence-electron chi connectivity index (χ1n) is 10.6. The smallest absolute Gasteiger partial charge is 0.424 e. The van der Waals surface area contributed by atoms with Gasteiger partial charge in [-0.3, -0.25) is 10.1 Å². The molecule has 0 bridgehead atoms. The highest BCUT2D eigenvalue weighted by molar-refractivity contribution is 9.10. The number of methoxy groups -OCH3 is 1. The number of hydrogen-bond acceptors (Lipinski definition) is 8. The lowest BCUT2D eigenvalue weighted by Crippen LogP contribution is -2.44. The van der Waals surface area contributed by atoms with Crippen LogP contribution in [0.5, 0.6) is 5.75 Å². The third-order valence-electron chi connectivity index (χ3n) is 4.19. The maximum absolute atomic E-state index is 13.1. The molecule has 0 heterocycles. The minimum atomic E-state index is -1.09. The zero-order chi connectivity index (χ0) is 26.6. The van der Waals surface area contributed by atoms with Crippen molar-refractivity contribution in [2.75, 3.05) is 12.0 Å². The molecule has 11 heteroatoms. The van der Waals surface area contributed by atoms with E-state index in [4.69, 9.17) is 14.2 Å². The molecule has 35 heavy (non-hydrogen) atoms. The Kier molecular flexibility index (Phi) is 9.18. The molecule has 0 aliphatic carbocycles. The molecule has 0 fully saturated rings. The molecule has 0 N–H and O–H groups in total. The second kappa shape index (κ2) is 11.3. The SMILES string of the molecule is COc1ccc(CSc2ccc([N+](=O)[O-])c(N(C(=O)OC(C)(C)C)C(=O)OC(C)(C)C)c2Br)cc1. The van der Waals surface area contributed by atoms with Gasteiger partial charge in [-0.25, -0.2) is 9.59 Å². The average molecular weight is 569 g/mol. The number of nitro groups is 1. The van der Waals surface area contributed by atoms with Crippen molar-refractivity contribution in [1.82, 2.24) is 0 Å². The van der Waals surface area contributed by atoms with E-state index in [1.54, 1.807) is 54.7 Å². The molecule has 2 aromatic carbocycles. The number of amides is 2. The molecule has 0 saturated carbocycles. The van der Waals surface area contributed by atoms with Crippen molar-refractivity contribution in [3.8, 4) is 5.75 Å². The first-order valence-corrected chi connectivity index (χ1v) is 12.4. The minimum absolute atomic E-state index is 0.196. The van der Waals surface area contributed by atoms with Crippen LogP contribution in [0.3, 0.4) is 0 Å².